The summed E-state index contributed by atoms with van der Waals surface area (Å²) in [6.45, 7) is 2.54. The van der Waals surface area contributed by atoms with Crippen molar-refractivity contribution >= 4 is 11.7 Å². The molecule has 0 saturated carbocycles. The van der Waals surface area contributed by atoms with E-state index >= 15 is 0 Å². The highest BCUT2D eigenvalue weighted by Crippen LogP contribution is 2.06. The zero-order chi connectivity index (χ0) is 13.1. The Morgan fingerprint density at radius 3 is 2.35 bits per heavy atom. The SMILES string of the molecule is CCOC(=O)CNC.O=[N+]([O-])c1ccccc1. The van der Waals surface area contributed by atoms with Crippen molar-refractivity contribution < 1.29 is 14.5 Å². The predicted molar refractivity (Wildman–Crippen MR) is 63.7 cm³/mol. The van der Waals surface area contributed by atoms with Crippen LogP contribution in [0.5, 0.6) is 0 Å². The molecule has 0 spiro atoms. The number of hydrogen-bond donors (Lipinski definition) is 1. The fraction of sp³-hybridized carbons (Fsp3) is 0.364. The van der Waals surface area contributed by atoms with Gasteiger partial charge in [0.1, 0.15) is 0 Å². The fourth-order valence-corrected chi connectivity index (χ4v) is 0.906. The number of nitro benzene ring substituents is 1. The summed E-state index contributed by atoms with van der Waals surface area (Å²) in [5.41, 5.74) is 0.137. The lowest BCUT2D eigenvalue weighted by molar-refractivity contribution is -0.384. The Labute approximate surface area is 99.7 Å². The lowest BCUT2D eigenvalue weighted by Gasteiger charge is -1.97. The van der Waals surface area contributed by atoms with Gasteiger partial charge in [-0.2, -0.15) is 0 Å². The van der Waals surface area contributed by atoms with Crippen molar-refractivity contribution in [2.45, 2.75) is 6.92 Å². The van der Waals surface area contributed by atoms with Crippen molar-refractivity contribution in [1.29, 1.82) is 0 Å². The van der Waals surface area contributed by atoms with E-state index in [0.29, 0.717) is 13.2 Å². The van der Waals surface area contributed by atoms with Crippen LogP contribution in [-0.2, 0) is 9.53 Å². The van der Waals surface area contributed by atoms with Crippen molar-refractivity contribution in [1.82, 2.24) is 5.32 Å². The lowest BCUT2D eigenvalue weighted by atomic mass is 10.3. The number of carbonyl (C=O) groups is 1. The van der Waals surface area contributed by atoms with E-state index in [9.17, 15) is 14.9 Å². The second-order valence-electron chi connectivity index (χ2n) is 2.93. The summed E-state index contributed by atoms with van der Waals surface area (Å²) >= 11 is 0. The highest BCUT2D eigenvalue weighted by Gasteiger charge is 1.98. The van der Waals surface area contributed by atoms with E-state index in [2.05, 4.69) is 10.1 Å². The minimum absolute atomic E-state index is 0.137. The van der Waals surface area contributed by atoms with Crippen molar-refractivity contribution in [2.75, 3.05) is 20.2 Å². The van der Waals surface area contributed by atoms with Crippen molar-refractivity contribution in [3.63, 3.8) is 0 Å². The van der Waals surface area contributed by atoms with Gasteiger partial charge in [0.15, 0.2) is 0 Å². The number of esters is 1. The molecule has 6 nitrogen and oxygen atoms in total. The van der Waals surface area contributed by atoms with Crippen LogP contribution in [0.2, 0.25) is 0 Å². The van der Waals surface area contributed by atoms with Crippen LogP contribution in [0, 0.1) is 10.1 Å². The number of likely N-dealkylation sites (N-methyl/N-ethyl adjacent to an activating group) is 1. The minimum atomic E-state index is -0.417. The molecule has 0 aliphatic rings. The summed E-state index contributed by atoms with van der Waals surface area (Å²) in [6, 6.07) is 7.93. The van der Waals surface area contributed by atoms with Gasteiger partial charge >= 0.3 is 5.97 Å². The second-order valence-corrected chi connectivity index (χ2v) is 2.93. The topological polar surface area (TPSA) is 81.5 Å². The molecule has 0 bridgehead atoms. The zero-order valence-electron chi connectivity index (χ0n) is 9.88. The van der Waals surface area contributed by atoms with Gasteiger partial charge in [0.05, 0.1) is 18.1 Å². The minimum Gasteiger partial charge on any atom is -0.465 e. The molecule has 0 radical (unpaired) electrons. The van der Waals surface area contributed by atoms with Gasteiger partial charge in [-0.3, -0.25) is 14.9 Å². The van der Waals surface area contributed by atoms with Gasteiger partial charge in [-0.1, -0.05) is 18.2 Å². The molecule has 0 atom stereocenters. The monoisotopic (exact) mass is 240 g/mol. The summed E-state index contributed by atoms with van der Waals surface area (Å²) in [7, 11) is 1.71. The molecule has 0 heterocycles. The third-order valence-electron chi connectivity index (χ3n) is 1.59. The Bertz CT molecular complexity index is 333. The number of carbonyl (C=O) groups excluding carboxylic acids is 1. The molecular formula is C11H16N2O4. The highest BCUT2D eigenvalue weighted by molar-refractivity contribution is 5.71. The molecule has 0 aliphatic heterocycles. The molecule has 0 saturated heterocycles. The maximum absolute atomic E-state index is 10.4. The first-order valence-electron chi connectivity index (χ1n) is 5.11. The number of rotatable bonds is 4. The fourth-order valence-electron chi connectivity index (χ4n) is 0.906. The Morgan fingerprint density at radius 2 is 2.00 bits per heavy atom. The predicted octanol–water partition coefficient (Wildman–Crippen LogP) is 1.36. The highest BCUT2D eigenvalue weighted by atomic mass is 16.6. The quantitative estimate of drug-likeness (QED) is 0.488. The van der Waals surface area contributed by atoms with E-state index in [0.717, 1.165) is 0 Å². The number of nitrogens with zero attached hydrogens (tertiary/aromatic N) is 1. The Balaban J connectivity index is 0.000000304. The van der Waals surface area contributed by atoms with Crippen molar-refractivity contribution in [3.8, 4) is 0 Å². The average molecular weight is 240 g/mol. The number of hydrogen-bond acceptors (Lipinski definition) is 5. The van der Waals surface area contributed by atoms with E-state index in [-0.39, 0.29) is 11.7 Å². The van der Waals surface area contributed by atoms with Gasteiger partial charge in [0.25, 0.3) is 5.69 Å². The maximum atomic E-state index is 10.4. The molecule has 0 amide bonds. The Kier molecular flexibility index (Phi) is 8.22. The van der Waals surface area contributed by atoms with Crippen LogP contribution < -0.4 is 5.32 Å². The second kappa shape index (κ2) is 9.29. The first-order chi connectivity index (χ1) is 8.11. The number of nitrogens with one attached hydrogen (secondary N) is 1. The van der Waals surface area contributed by atoms with Crippen LogP contribution in [0.1, 0.15) is 6.92 Å². The molecule has 1 rings (SSSR count). The maximum Gasteiger partial charge on any atom is 0.319 e. The van der Waals surface area contributed by atoms with E-state index in [1.54, 1.807) is 32.2 Å². The molecule has 1 N–H and O–H groups in total. The summed E-state index contributed by atoms with van der Waals surface area (Å²) < 4.78 is 4.58. The zero-order valence-corrected chi connectivity index (χ0v) is 9.88. The van der Waals surface area contributed by atoms with Gasteiger partial charge in [0.2, 0.25) is 0 Å². The first kappa shape index (κ1) is 15.0. The van der Waals surface area contributed by atoms with Crippen LogP contribution in [-0.4, -0.2) is 31.1 Å². The van der Waals surface area contributed by atoms with Crippen molar-refractivity contribution in [3.05, 3.63) is 40.4 Å². The Hall–Kier alpha value is -1.95. The number of non-ortho nitro benzene ring substituents is 1. The summed E-state index contributed by atoms with van der Waals surface area (Å²) in [5, 5.41) is 12.7. The van der Waals surface area contributed by atoms with Gasteiger partial charge in [0, 0.05) is 12.1 Å². The van der Waals surface area contributed by atoms with Gasteiger partial charge in [-0.15, -0.1) is 0 Å². The molecule has 0 fully saturated rings. The molecule has 94 valence electrons. The van der Waals surface area contributed by atoms with E-state index in [1.165, 1.54) is 12.1 Å². The van der Waals surface area contributed by atoms with E-state index in [4.69, 9.17) is 0 Å². The van der Waals surface area contributed by atoms with Crippen LogP contribution in [0.4, 0.5) is 5.69 Å². The van der Waals surface area contributed by atoms with E-state index < -0.39 is 4.92 Å². The van der Waals surface area contributed by atoms with Crippen LogP contribution in [0.25, 0.3) is 0 Å². The first-order valence-corrected chi connectivity index (χ1v) is 5.11. The molecule has 17 heavy (non-hydrogen) atoms. The molecule has 6 heteroatoms. The largest absolute Gasteiger partial charge is 0.465 e. The average Bonchev–Trinajstić information content (AvgIpc) is 2.32. The number of para-hydroxylation sites is 1. The molecule has 0 aromatic heterocycles. The molecular weight excluding hydrogens is 224 g/mol. The standard InChI is InChI=1S/C6H5NO2.C5H11NO2/c8-7(9)6-4-2-1-3-5-6;1-3-8-5(7)4-6-2/h1-5H;6H,3-4H2,1-2H3. The smallest absolute Gasteiger partial charge is 0.319 e. The molecule has 0 aliphatic carbocycles. The van der Waals surface area contributed by atoms with Crippen molar-refractivity contribution in [2.24, 2.45) is 0 Å². The molecule has 1 aromatic rings. The normalized spacial score (nSPS) is 8.82. The van der Waals surface area contributed by atoms with Crippen LogP contribution in [0.15, 0.2) is 30.3 Å². The third-order valence-corrected chi connectivity index (χ3v) is 1.59. The third kappa shape index (κ3) is 7.92. The van der Waals surface area contributed by atoms with E-state index in [1.807, 2.05) is 0 Å². The summed E-state index contributed by atoms with van der Waals surface area (Å²) in [5.74, 6) is -0.199. The Morgan fingerprint density at radius 1 is 1.41 bits per heavy atom. The number of benzene rings is 1. The number of nitro groups is 1. The number of ether oxygens (including phenoxy) is 1. The lowest BCUT2D eigenvalue weighted by Crippen LogP contribution is -2.20. The molecule has 0 unspecified atom stereocenters. The summed E-state index contributed by atoms with van der Waals surface area (Å²) in [4.78, 5) is 19.9. The van der Waals surface area contributed by atoms with Crippen LogP contribution >= 0.6 is 0 Å². The van der Waals surface area contributed by atoms with Gasteiger partial charge in [-0.25, -0.2) is 0 Å². The molecule has 1 aromatic carbocycles. The summed E-state index contributed by atoms with van der Waals surface area (Å²) in [6.07, 6.45) is 0. The van der Waals surface area contributed by atoms with Gasteiger partial charge in [-0.05, 0) is 14.0 Å². The van der Waals surface area contributed by atoms with Crippen LogP contribution in [0.3, 0.4) is 0 Å². The van der Waals surface area contributed by atoms with Gasteiger partial charge < -0.3 is 10.1 Å².